The maximum Gasteiger partial charge on any atom is 0.240 e. The van der Waals surface area contributed by atoms with Gasteiger partial charge in [0.1, 0.15) is 5.92 Å². The molecule has 0 saturated heterocycles. The fraction of sp³-hybridized carbons (Fsp3) is 0.105. The number of hydrogen-bond acceptors (Lipinski definition) is 4. The Hall–Kier alpha value is -2.48. The predicted octanol–water partition coefficient (Wildman–Crippen LogP) is 4.71. The average Bonchev–Trinajstić information content (AvgIpc) is 3.04. The molecule has 126 valence electrons. The summed E-state index contributed by atoms with van der Waals surface area (Å²) in [5.74, 6) is -0.433. The molecule has 6 heteroatoms. The molecular formula is C19H16IN3O2. The summed E-state index contributed by atoms with van der Waals surface area (Å²) in [6.45, 7) is 1.81. The number of halogens is 1. The van der Waals surface area contributed by atoms with Gasteiger partial charge in [-0.15, -0.1) is 0 Å². The van der Waals surface area contributed by atoms with Crippen molar-refractivity contribution in [2.75, 3.05) is 5.32 Å². The maximum atomic E-state index is 12.7. The molecule has 0 aliphatic carbocycles. The lowest BCUT2D eigenvalue weighted by Gasteiger charge is -2.10. The van der Waals surface area contributed by atoms with E-state index in [1.54, 1.807) is 12.3 Å². The molecule has 1 aromatic heterocycles. The minimum absolute atomic E-state index is 0.225. The van der Waals surface area contributed by atoms with Crippen LogP contribution < -0.4 is 5.32 Å². The number of carbonyl (C=O) groups excluding carboxylic acids is 1. The highest BCUT2D eigenvalue weighted by molar-refractivity contribution is 14.1. The smallest absolute Gasteiger partial charge is 0.240 e. The van der Waals surface area contributed by atoms with E-state index in [4.69, 9.17) is 4.52 Å². The highest BCUT2D eigenvalue weighted by Crippen LogP contribution is 2.20. The molecule has 1 N–H and O–H groups in total. The van der Waals surface area contributed by atoms with Gasteiger partial charge in [-0.05, 0) is 65.9 Å². The first-order valence-corrected chi connectivity index (χ1v) is 8.78. The van der Waals surface area contributed by atoms with E-state index in [9.17, 15) is 4.79 Å². The number of aromatic nitrogens is 1. The maximum absolute atomic E-state index is 12.7. The normalized spacial score (nSPS) is 12.2. The van der Waals surface area contributed by atoms with E-state index >= 15 is 0 Å². The lowest BCUT2D eigenvalue weighted by Crippen LogP contribution is -2.22. The second kappa shape index (κ2) is 8.06. The second-order valence-corrected chi connectivity index (χ2v) is 6.70. The van der Waals surface area contributed by atoms with Crippen molar-refractivity contribution in [1.82, 2.24) is 5.16 Å². The molecule has 1 unspecified atom stereocenters. The van der Waals surface area contributed by atoms with Gasteiger partial charge in [0.15, 0.2) is 5.76 Å². The molecular weight excluding hydrogens is 429 g/mol. The van der Waals surface area contributed by atoms with Gasteiger partial charge in [-0.1, -0.05) is 23.4 Å². The Morgan fingerprint density at radius 1 is 1.20 bits per heavy atom. The summed E-state index contributed by atoms with van der Waals surface area (Å²) in [5, 5.41) is 6.75. The first-order chi connectivity index (χ1) is 12.1. The van der Waals surface area contributed by atoms with Crippen molar-refractivity contribution in [2.45, 2.75) is 12.8 Å². The summed E-state index contributed by atoms with van der Waals surface area (Å²) in [6.07, 6.45) is 1.58. The number of aryl methyl sites for hydroxylation is 1. The van der Waals surface area contributed by atoms with Gasteiger partial charge in [-0.3, -0.25) is 9.79 Å². The summed E-state index contributed by atoms with van der Waals surface area (Å²) in [7, 11) is 0. The van der Waals surface area contributed by atoms with Crippen LogP contribution in [0.1, 0.15) is 17.4 Å². The number of nitrogens with zero attached hydrogens (tertiary/aromatic N) is 2. The van der Waals surface area contributed by atoms with Gasteiger partial charge in [-0.25, -0.2) is 0 Å². The largest absolute Gasteiger partial charge is 0.360 e. The van der Waals surface area contributed by atoms with E-state index in [1.807, 2.05) is 61.5 Å². The van der Waals surface area contributed by atoms with Crippen molar-refractivity contribution in [2.24, 2.45) is 4.99 Å². The molecule has 25 heavy (non-hydrogen) atoms. The van der Waals surface area contributed by atoms with Gasteiger partial charge >= 0.3 is 0 Å². The summed E-state index contributed by atoms with van der Waals surface area (Å²) >= 11 is 2.23. The molecule has 5 nitrogen and oxygen atoms in total. The molecule has 3 rings (SSSR count). The fourth-order valence-corrected chi connectivity index (χ4v) is 2.59. The molecule has 0 radical (unpaired) electrons. The number of nitrogens with one attached hydrogen (secondary N) is 1. The molecule has 0 aliphatic rings. The average molecular weight is 445 g/mol. The first kappa shape index (κ1) is 17.3. The molecule has 1 heterocycles. The summed E-state index contributed by atoms with van der Waals surface area (Å²) in [5.41, 5.74) is 2.21. The fourth-order valence-electron chi connectivity index (χ4n) is 2.23. The topological polar surface area (TPSA) is 67.5 Å². The van der Waals surface area contributed by atoms with Gasteiger partial charge in [0.2, 0.25) is 5.91 Å². The molecule has 0 spiro atoms. The zero-order chi connectivity index (χ0) is 17.6. The van der Waals surface area contributed by atoms with Crippen LogP contribution in [0, 0.1) is 10.5 Å². The Bertz CT molecular complexity index is 873. The predicted molar refractivity (Wildman–Crippen MR) is 106 cm³/mol. The summed E-state index contributed by atoms with van der Waals surface area (Å²) < 4.78 is 6.42. The Labute approximate surface area is 159 Å². The van der Waals surface area contributed by atoms with E-state index in [0.717, 1.165) is 20.6 Å². The van der Waals surface area contributed by atoms with Crippen LogP contribution in [-0.2, 0) is 4.79 Å². The van der Waals surface area contributed by atoms with E-state index in [-0.39, 0.29) is 5.91 Å². The van der Waals surface area contributed by atoms with E-state index in [0.29, 0.717) is 5.76 Å². The van der Waals surface area contributed by atoms with Crippen LogP contribution >= 0.6 is 22.6 Å². The van der Waals surface area contributed by atoms with Crippen LogP contribution in [0.15, 0.2) is 70.2 Å². The van der Waals surface area contributed by atoms with Gasteiger partial charge in [0.25, 0.3) is 0 Å². The number of carbonyl (C=O) groups is 1. The van der Waals surface area contributed by atoms with Crippen LogP contribution in [0.4, 0.5) is 11.4 Å². The molecule has 0 aliphatic heterocycles. The van der Waals surface area contributed by atoms with Crippen LogP contribution in [0.3, 0.4) is 0 Å². The van der Waals surface area contributed by atoms with Crippen molar-refractivity contribution in [3.63, 3.8) is 0 Å². The number of benzene rings is 2. The number of para-hydroxylation sites is 1. The lowest BCUT2D eigenvalue weighted by atomic mass is 10.1. The summed E-state index contributed by atoms with van der Waals surface area (Å²) in [4.78, 5) is 17.1. The minimum atomic E-state index is -0.666. The van der Waals surface area contributed by atoms with Gasteiger partial charge in [0.05, 0.1) is 11.4 Å². The van der Waals surface area contributed by atoms with Gasteiger partial charge < -0.3 is 9.84 Å². The molecule has 0 saturated carbocycles. The van der Waals surface area contributed by atoms with E-state index in [1.165, 1.54) is 0 Å². The van der Waals surface area contributed by atoms with Crippen molar-refractivity contribution >= 4 is 46.1 Å². The zero-order valence-electron chi connectivity index (χ0n) is 13.5. The number of aliphatic imine (C=N–C) groups is 1. The molecule has 0 fully saturated rings. The Morgan fingerprint density at radius 3 is 2.56 bits per heavy atom. The van der Waals surface area contributed by atoms with Crippen LogP contribution in [-0.4, -0.2) is 17.3 Å². The van der Waals surface area contributed by atoms with Gasteiger partial charge in [-0.2, -0.15) is 0 Å². The van der Waals surface area contributed by atoms with Crippen molar-refractivity contribution in [3.05, 3.63) is 75.7 Å². The Kier molecular flexibility index (Phi) is 5.60. The Morgan fingerprint density at radius 2 is 1.92 bits per heavy atom. The van der Waals surface area contributed by atoms with Crippen molar-refractivity contribution < 1.29 is 9.32 Å². The van der Waals surface area contributed by atoms with Crippen LogP contribution in [0.2, 0.25) is 0 Å². The van der Waals surface area contributed by atoms with Gasteiger partial charge in [0, 0.05) is 21.5 Å². The number of hydrogen-bond donors (Lipinski definition) is 1. The number of anilines is 1. The standard InChI is InChI=1S/C19H16IN3O2/c1-13-11-18(25-23-13)17(12-21-15-9-7-14(20)8-10-15)19(24)22-16-5-3-2-4-6-16/h2-12,17H,1H3,(H,22,24). The highest BCUT2D eigenvalue weighted by atomic mass is 127. The third-order valence-corrected chi connectivity index (χ3v) is 4.19. The first-order valence-electron chi connectivity index (χ1n) is 7.71. The SMILES string of the molecule is Cc1cc(C(C=Nc2ccc(I)cc2)C(=O)Nc2ccccc2)on1. The van der Waals surface area contributed by atoms with Crippen LogP contribution in [0.5, 0.6) is 0 Å². The van der Waals surface area contributed by atoms with E-state index < -0.39 is 5.92 Å². The summed E-state index contributed by atoms with van der Waals surface area (Å²) in [6, 6.07) is 18.8. The third-order valence-electron chi connectivity index (χ3n) is 3.48. The number of amides is 1. The molecule has 2 aromatic carbocycles. The highest BCUT2D eigenvalue weighted by Gasteiger charge is 2.23. The minimum Gasteiger partial charge on any atom is -0.360 e. The quantitative estimate of drug-likeness (QED) is 0.457. The zero-order valence-corrected chi connectivity index (χ0v) is 15.7. The Balaban J connectivity index is 1.84. The van der Waals surface area contributed by atoms with E-state index in [2.05, 4.69) is 38.1 Å². The number of rotatable bonds is 5. The van der Waals surface area contributed by atoms with Crippen molar-refractivity contribution in [1.29, 1.82) is 0 Å². The molecule has 1 amide bonds. The third kappa shape index (κ3) is 4.76. The lowest BCUT2D eigenvalue weighted by molar-refractivity contribution is -0.116. The monoisotopic (exact) mass is 445 g/mol. The molecule has 0 bridgehead atoms. The van der Waals surface area contributed by atoms with Crippen molar-refractivity contribution in [3.8, 4) is 0 Å². The second-order valence-electron chi connectivity index (χ2n) is 5.46. The van der Waals surface area contributed by atoms with Crippen LogP contribution in [0.25, 0.3) is 0 Å². The molecule has 3 aromatic rings. The molecule has 1 atom stereocenters.